The fraction of sp³-hybridized carbons (Fsp3) is 0.739. The smallest absolute Gasteiger partial charge is 0.330 e. The predicted octanol–water partition coefficient (Wildman–Crippen LogP) is -6.97. The molecule has 0 bridgehead atoms. The number of carboxylic acid groups (broad SMARTS) is 1. The number of likely N-dealkylation sites (N-methyl/N-ethyl adjacent to an activating group) is 3. The average molecular weight is 607 g/mol. The second-order valence-corrected chi connectivity index (χ2v) is 10.0. The minimum Gasteiger partial charge on any atom is -0.480 e. The summed E-state index contributed by atoms with van der Waals surface area (Å²) >= 11 is 0. The summed E-state index contributed by atoms with van der Waals surface area (Å²) in [4.78, 5) is 51.9. The van der Waals surface area contributed by atoms with E-state index < -0.39 is 103 Å². The van der Waals surface area contributed by atoms with Gasteiger partial charge in [-0.2, -0.15) is 0 Å². The predicted molar refractivity (Wildman–Crippen MR) is 139 cm³/mol. The molecule has 0 radical (unpaired) electrons. The molecule has 19 heteroatoms. The Labute approximate surface area is 238 Å². The zero-order valence-corrected chi connectivity index (χ0v) is 23.0. The lowest BCUT2D eigenvalue weighted by molar-refractivity contribution is -0.233. The number of aromatic amines is 1. The maximum atomic E-state index is 13.3. The first kappa shape index (κ1) is 33.7. The minimum atomic E-state index is -1.85. The van der Waals surface area contributed by atoms with Gasteiger partial charge in [-0.15, -0.1) is 0 Å². The topological polar surface area (TPSA) is 291 Å². The molecule has 3 rings (SSSR count). The van der Waals surface area contributed by atoms with E-state index in [1.54, 1.807) is 0 Å². The number of aliphatic hydroxyl groups excluding tert-OH is 5. The molecule has 0 aromatic carbocycles. The van der Waals surface area contributed by atoms with Crippen molar-refractivity contribution in [3.05, 3.63) is 33.1 Å². The number of aliphatic carboxylic acids is 1. The van der Waals surface area contributed by atoms with Crippen LogP contribution in [0.3, 0.4) is 0 Å². The molecule has 19 nitrogen and oxygen atoms in total. The summed E-state index contributed by atoms with van der Waals surface area (Å²) in [5, 5.41) is 67.6. The third-order valence-electron chi connectivity index (χ3n) is 7.30. The highest BCUT2D eigenvalue weighted by Gasteiger charge is 2.54. The van der Waals surface area contributed by atoms with E-state index in [1.165, 1.54) is 26.0 Å². The van der Waals surface area contributed by atoms with E-state index in [0.29, 0.717) is 0 Å². The molecule has 42 heavy (non-hydrogen) atoms. The monoisotopic (exact) mass is 606 g/mol. The molecule has 3 heterocycles. The van der Waals surface area contributed by atoms with Crippen LogP contribution in [0.25, 0.3) is 0 Å². The highest BCUT2D eigenvalue weighted by Crippen LogP contribution is 2.35. The van der Waals surface area contributed by atoms with Crippen molar-refractivity contribution in [1.82, 2.24) is 25.1 Å². The maximum absolute atomic E-state index is 13.3. The molecule has 2 fully saturated rings. The Bertz CT molecular complexity index is 1200. The molecule has 11 N–H and O–H groups in total. The molecule has 238 valence electrons. The van der Waals surface area contributed by atoms with Crippen molar-refractivity contribution in [1.29, 1.82) is 0 Å². The standard InChI is InChI=1S/C23H38N6O13/c1-25-11(21(37)38)8(30)7-28(3)12(19(36)26-2)17(42-22-16(35)13(32)9(6-24)40-22)18-14(33)15(34)20(41-18)29-5-4-10(31)27-23(29)39/h4-5,8-9,11-18,20,22,25,30,32-35H,6-7,24H2,1-3H3,(H,26,36)(H,37,38)(H,27,31,39)/t8-,9?,11-,12-,13?,14?,15?,16?,17-,18?,20?,22?/m0/s1. The summed E-state index contributed by atoms with van der Waals surface area (Å²) in [5.74, 6) is -2.16. The van der Waals surface area contributed by atoms with Gasteiger partial charge in [-0.1, -0.05) is 0 Å². The van der Waals surface area contributed by atoms with E-state index in [0.717, 1.165) is 16.8 Å². The molecular formula is C23H38N6O13. The molecule has 1 aromatic rings. The number of nitrogens with one attached hydrogen (secondary N) is 3. The van der Waals surface area contributed by atoms with Gasteiger partial charge in [0.15, 0.2) is 12.5 Å². The van der Waals surface area contributed by atoms with Crippen LogP contribution < -0.4 is 27.6 Å². The van der Waals surface area contributed by atoms with E-state index in [2.05, 4.69) is 10.6 Å². The van der Waals surface area contributed by atoms with Crippen molar-refractivity contribution in [3.63, 3.8) is 0 Å². The molecule has 2 saturated heterocycles. The molecule has 0 spiro atoms. The van der Waals surface area contributed by atoms with Gasteiger partial charge in [0.1, 0.15) is 54.8 Å². The number of nitrogens with zero attached hydrogens (tertiary/aromatic N) is 2. The first-order valence-corrected chi connectivity index (χ1v) is 13.0. The quantitative estimate of drug-likeness (QED) is 0.0997. The van der Waals surface area contributed by atoms with Gasteiger partial charge in [0.2, 0.25) is 5.91 Å². The van der Waals surface area contributed by atoms with Crippen LogP contribution in [0, 0.1) is 0 Å². The Morgan fingerprint density at radius 3 is 2.33 bits per heavy atom. The number of aromatic nitrogens is 2. The first-order valence-electron chi connectivity index (χ1n) is 13.0. The van der Waals surface area contributed by atoms with Crippen molar-refractivity contribution in [2.75, 3.05) is 34.2 Å². The summed E-state index contributed by atoms with van der Waals surface area (Å²) in [5.41, 5.74) is 3.88. The maximum Gasteiger partial charge on any atom is 0.330 e. The highest BCUT2D eigenvalue weighted by atomic mass is 16.7. The van der Waals surface area contributed by atoms with Crippen molar-refractivity contribution in [3.8, 4) is 0 Å². The van der Waals surface area contributed by atoms with Crippen molar-refractivity contribution in [2.45, 2.75) is 73.4 Å². The van der Waals surface area contributed by atoms with Crippen LogP contribution in [0.2, 0.25) is 0 Å². The molecule has 0 saturated carbocycles. The molecule has 0 aliphatic carbocycles. The Hall–Kier alpha value is -2.82. The Kier molecular flexibility index (Phi) is 11.3. The van der Waals surface area contributed by atoms with E-state index in [1.807, 2.05) is 4.98 Å². The summed E-state index contributed by atoms with van der Waals surface area (Å²) in [6.45, 7) is -0.668. The molecule has 1 amide bonds. The van der Waals surface area contributed by atoms with Gasteiger partial charge in [-0.05, 0) is 14.1 Å². The average Bonchev–Trinajstić information content (AvgIpc) is 3.37. The lowest BCUT2D eigenvalue weighted by Crippen LogP contribution is -2.61. The van der Waals surface area contributed by atoms with E-state index in [-0.39, 0.29) is 6.54 Å². The van der Waals surface area contributed by atoms with Gasteiger partial charge in [0.05, 0.1) is 6.10 Å². The third-order valence-corrected chi connectivity index (χ3v) is 7.30. The lowest BCUT2D eigenvalue weighted by Gasteiger charge is -2.39. The zero-order chi connectivity index (χ0) is 31.5. The molecule has 1 aromatic heterocycles. The molecule has 2 aliphatic rings. The number of rotatable bonds is 13. The van der Waals surface area contributed by atoms with Gasteiger partial charge < -0.3 is 61.2 Å². The second kappa shape index (κ2) is 14.1. The van der Waals surface area contributed by atoms with Crippen LogP contribution in [0.1, 0.15) is 6.23 Å². The largest absolute Gasteiger partial charge is 0.480 e. The number of carbonyl (C=O) groups excluding carboxylic acids is 1. The van der Waals surface area contributed by atoms with Gasteiger partial charge in [-0.3, -0.25) is 28.8 Å². The van der Waals surface area contributed by atoms with Crippen LogP contribution in [0.4, 0.5) is 0 Å². The fourth-order valence-electron chi connectivity index (χ4n) is 5.07. The lowest BCUT2D eigenvalue weighted by atomic mass is 9.96. The van der Waals surface area contributed by atoms with Gasteiger partial charge >= 0.3 is 11.7 Å². The van der Waals surface area contributed by atoms with Crippen LogP contribution in [0.15, 0.2) is 21.9 Å². The number of carboxylic acids is 1. The van der Waals surface area contributed by atoms with Crippen molar-refractivity contribution < 1.29 is 54.4 Å². The zero-order valence-electron chi connectivity index (χ0n) is 23.0. The molecule has 8 unspecified atom stereocenters. The number of nitrogens with two attached hydrogens (primary N) is 1. The number of ether oxygens (including phenoxy) is 3. The van der Waals surface area contributed by atoms with Crippen LogP contribution in [-0.4, -0.2) is 158 Å². The number of aliphatic hydroxyl groups is 5. The molecule has 2 aliphatic heterocycles. The van der Waals surface area contributed by atoms with Crippen LogP contribution in [0.5, 0.6) is 0 Å². The minimum absolute atomic E-state index is 0.215. The van der Waals surface area contributed by atoms with Gasteiger partial charge in [0, 0.05) is 32.4 Å². The van der Waals surface area contributed by atoms with E-state index in [9.17, 15) is 49.8 Å². The summed E-state index contributed by atoms with van der Waals surface area (Å²) in [6.07, 6.45) is -15.0. The Morgan fingerprint density at radius 1 is 1.14 bits per heavy atom. The summed E-state index contributed by atoms with van der Waals surface area (Å²) in [7, 11) is 3.91. The number of amides is 1. The second-order valence-electron chi connectivity index (χ2n) is 10.0. The van der Waals surface area contributed by atoms with Crippen LogP contribution in [-0.2, 0) is 23.8 Å². The third kappa shape index (κ3) is 6.87. The number of carbonyl (C=O) groups is 2. The molecule has 12 atom stereocenters. The van der Waals surface area contributed by atoms with Gasteiger partial charge in [0.25, 0.3) is 5.56 Å². The number of hydrogen-bond donors (Lipinski definition) is 10. The van der Waals surface area contributed by atoms with Gasteiger partial charge in [-0.25, -0.2) is 4.79 Å². The number of hydrogen-bond acceptors (Lipinski definition) is 15. The van der Waals surface area contributed by atoms with Crippen molar-refractivity contribution in [2.24, 2.45) is 5.73 Å². The van der Waals surface area contributed by atoms with E-state index >= 15 is 0 Å². The van der Waals surface area contributed by atoms with Crippen molar-refractivity contribution >= 4 is 11.9 Å². The highest BCUT2D eigenvalue weighted by molar-refractivity contribution is 5.82. The Balaban J connectivity index is 2.04. The van der Waals surface area contributed by atoms with E-state index in [4.69, 9.17) is 19.9 Å². The first-order chi connectivity index (χ1) is 19.8. The Morgan fingerprint density at radius 2 is 1.81 bits per heavy atom. The summed E-state index contributed by atoms with van der Waals surface area (Å²) in [6, 6.07) is -1.99. The number of H-pyrrole nitrogens is 1. The normalized spacial score (nSPS) is 32.4. The SMILES string of the molecule is CNC(=O)[C@H]([C@H](OC1OC(CN)C(O)C1O)C1OC(n2ccc(=O)[nH]c2=O)C(O)C1O)N(C)C[C@H](O)[C@H](NC)C(=O)O. The molecular weight excluding hydrogens is 568 g/mol. The van der Waals surface area contributed by atoms with Crippen LogP contribution >= 0.6 is 0 Å². The summed E-state index contributed by atoms with van der Waals surface area (Å²) < 4.78 is 18.1. The fourth-order valence-corrected chi connectivity index (χ4v) is 5.07.